The van der Waals surface area contributed by atoms with Crippen LogP contribution in [0, 0.1) is 0 Å². The van der Waals surface area contributed by atoms with Crippen LogP contribution in [0.15, 0.2) is 24.4 Å². The van der Waals surface area contributed by atoms with Crippen molar-refractivity contribution in [1.29, 1.82) is 0 Å². The van der Waals surface area contributed by atoms with Crippen LogP contribution in [0.4, 0.5) is 5.69 Å². The summed E-state index contributed by atoms with van der Waals surface area (Å²) in [5.41, 5.74) is 0.534. The summed E-state index contributed by atoms with van der Waals surface area (Å²) in [6, 6.07) is 4.64. The van der Waals surface area contributed by atoms with Crippen molar-refractivity contribution in [1.82, 2.24) is 15.2 Å². The van der Waals surface area contributed by atoms with Crippen molar-refractivity contribution in [3.63, 3.8) is 0 Å². The third kappa shape index (κ3) is 3.10. The fraction of sp³-hybridized carbons (Fsp3) is 0.0909. The number of ether oxygens (including phenoxy) is 1. The van der Waals surface area contributed by atoms with Gasteiger partial charge in [0, 0.05) is 6.20 Å². The minimum absolute atomic E-state index is 0.0373. The monoisotopic (exact) mass is 298 g/mol. The summed E-state index contributed by atoms with van der Waals surface area (Å²) in [6.45, 7) is 0. The van der Waals surface area contributed by atoms with E-state index < -0.39 is 5.91 Å². The first-order valence-electron chi connectivity index (χ1n) is 5.11. The van der Waals surface area contributed by atoms with Crippen LogP contribution in [0.1, 0.15) is 10.4 Å². The van der Waals surface area contributed by atoms with Crippen molar-refractivity contribution in [2.45, 2.75) is 0 Å². The van der Waals surface area contributed by atoms with Crippen molar-refractivity contribution in [3.05, 3.63) is 40.3 Å². The molecule has 0 saturated carbocycles. The first-order chi connectivity index (χ1) is 9.11. The lowest BCUT2D eigenvalue weighted by molar-refractivity contribution is 0.102. The number of nitrogens with zero attached hydrogens (tertiary/aromatic N) is 3. The maximum absolute atomic E-state index is 12.0. The van der Waals surface area contributed by atoms with Crippen LogP contribution in [0.5, 0.6) is 5.88 Å². The van der Waals surface area contributed by atoms with E-state index in [0.717, 1.165) is 0 Å². The van der Waals surface area contributed by atoms with E-state index in [-0.39, 0.29) is 15.9 Å². The predicted molar refractivity (Wildman–Crippen MR) is 70.8 cm³/mol. The van der Waals surface area contributed by atoms with Crippen molar-refractivity contribution in [2.24, 2.45) is 0 Å². The molecule has 2 heterocycles. The summed E-state index contributed by atoms with van der Waals surface area (Å²) in [7, 11) is 1.45. The van der Waals surface area contributed by atoms with Crippen LogP contribution in [0.3, 0.4) is 0 Å². The molecule has 0 radical (unpaired) electrons. The number of rotatable bonds is 3. The summed E-state index contributed by atoms with van der Waals surface area (Å²) in [5, 5.41) is 9.74. The van der Waals surface area contributed by atoms with Gasteiger partial charge in [-0.25, -0.2) is 4.98 Å². The van der Waals surface area contributed by atoms with Gasteiger partial charge in [-0.05, 0) is 18.2 Å². The van der Waals surface area contributed by atoms with Crippen LogP contribution in [-0.2, 0) is 0 Å². The van der Waals surface area contributed by atoms with Crippen LogP contribution in [-0.4, -0.2) is 28.2 Å². The Morgan fingerprint density at radius 2 is 2.16 bits per heavy atom. The molecule has 0 bridgehead atoms. The molecule has 1 amide bonds. The van der Waals surface area contributed by atoms with Gasteiger partial charge in [0.2, 0.25) is 5.88 Å². The largest absolute Gasteiger partial charge is 0.480 e. The second-order valence-electron chi connectivity index (χ2n) is 3.39. The van der Waals surface area contributed by atoms with Crippen molar-refractivity contribution >= 4 is 34.8 Å². The lowest BCUT2D eigenvalue weighted by Crippen LogP contribution is -2.14. The van der Waals surface area contributed by atoms with Crippen LogP contribution >= 0.6 is 23.2 Å². The lowest BCUT2D eigenvalue weighted by Gasteiger charge is -2.09. The lowest BCUT2D eigenvalue weighted by atomic mass is 10.3. The summed E-state index contributed by atoms with van der Waals surface area (Å²) >= 11 is 11.5. The smallest absolute Gasteiger partial charge is 0.259 e. The van der Waals surface area contributed by atoms with Gasteiger partial charge in [-0.2, -0.15) is 0 Å². The Hall–Kier alpha value is -1.92. The molecule has 0 aliphatic rings. The van der Waals surface area contributed by atoms with E-state index in [1.807, 2.05) is 0 Å². The maximum Gasteiger partial charge on any atom is 0.259 e. The van der Waals surface area contributed by atoms with Gasteiger partial charge in [0.1, 0.15) is 5.69 Å². The topological polar surface area (TPSA) is 77.0 Å². The number of aromatic nitrogens is 3. The minimum Gasteiger partial charge on any atom is -0.480 e. The fourth-order valence-corrected chi connectivity index (χ4v) is 1.68. The van der Waals surface area contributed by atoms with Gasteiger partial charge in [-0.15, -0.1) is 10.2 Å². The van der Waals surface area contributed by atoms with Crippen LogP contribution in [0.25, 0.3) is 0 Å². The van der Waals surface area contributed by atoms with Gasteiger partial charge in [-0.1, -0.05) is 23.2 Å². The highest BCUT2D eigenvalue weighted by Gasteiger charge is 2.15. The van der Waals surface area contributed by atoms with Gasteiger partial charge in [0.05, 0.1) is 12.7 Å². The standard InChI is InChI=1S/C11H8Cl2N4O2/c1-19-11-7(3-2-4-14-11)15-10(18)6-5-8(12)16-17-9(6)13/h2-5H,1H3,(H,15,18). The van der Waals surface area contributed by atoms with Gasteiger partial charge >= 0.3 is 0 Å². The van der Waals surface area contributed by atoms with Gasteiger partial charge in [0.15, 0.2) is 10.3 Å². The van der Waals surface area contributed by atoms with Crippen molar-refractivity contribution in [2.75, 3.05) is 12.4 Å². The number of hydrogen-bond acceptors (Lipinski definition) is 5. The Balaban J connectivity index is 2.28. The summed E-state index contributed by atoms with van der Waals surface area (Å²) in [6.07, 6.45) is 1.55. The van der Waals surface area contributed by atoms with E-state index in [1.165, 1.54) is 13.2 Å². The van der Waals surface area contributed by atoms with Crippen LogP contribution < -0.4 is 10.1 Å². The van der Waals surface area contributed by atoms with Crippen molar-refractivity contribution < 1.29 is 9.53 Å². The Morgan fingerprint density at radius 3 is 2.89 bits per heavy atom. The molecular weight excluding hydrogens is 291 g/mol. The molecule has 0 saturated heterocycles. The SMILES string of the molecule is COc1ncccc1NC(=O)c1cc(Cl)nnc1Cl. The maximum atomic E-state index is 12.0. The van der Waals surface area contributed by atoms with E-state index in [4.69, 9.17) is 27.9 Å². The van der Waals surface area contributed by atoms with E-state index in [9.17, 15) is 4.79 Å². The molecule has 19 heavy (non-hydrogen) atoms. The average Bonchev–Trinajstić information content (AvgIpc) is 2.42. The second kappa shape index (κ2) is 5.81. The first kappa shape index (κ1) is 13.5. The highest BCUT2D eigenvalue weighted by Crippen LogP contribution is 2.22. The molecule has 0 unspecified atom stereocenters. The number of halogens is 2. The minimum atomic E-state index is -0.479. The number of carbonyl (C=O) groups excluding carboxylic acids is 1. The zero-order chi connectivity index (χ0) is 13.8. The van der Waals surface area contributed by atoms with Gasteiger partial charge < -0.3 is 10.1 Å². The number of nitrogens with one attached hydrogen (secondary N) is 1. The molecule has 2 aromatic heterocycles. The Bertz CT molecular complexity index is 621. The van der Waals surface area contributed by atoms with Gasteiger partial charge in [-0.3, -0.25) is 4.79 Å². The molecule has 98 valence electrons. The van der Waals surface area contributed by atoms with E-state index in [0.29, 0.717) is 11.6 Å². The third-order valence-electron chi connectivity index (χ3n) is 2.18. The highest BCUT2D eigenvalue weighted by atomic mass is 35.5. The normalized spacial score (nSPS) is 10.1. The van der Waals surface area contributed by atoms with Crippen molar-refractivity contribution in [3.8, 4) is 5.88 Å². The quantitative estimate of drug-likeness (QED) is 0.942. The Labute approximate surface area is 118 Å². The molecule has 1 N–H and O–H groups in total. The van der Waals surface area contributed by atoms with E-state index in [1.54, 1.807) is 18.3 Å². The molecular formula is C11H8Cl2N4O2. The third-order valence-corrected chi connectivity index (χ3v) is 2.64. The fourth-order valence-electron chi connectivity index (χ4n) is 1.35. The van der Waals surface area contributed by atoms with Crippen LogP contribution in [0.2, 0.25) is 10.3 Å². The number of amides is 1. The molecule has 0 atom stereocenters. The zero-order valence-corrected chi connectivity index (χ0v) is 11.2. The number of anilines is 1. The first-order valence-corrected chi connectivity index (χ1v) is 5.86. The molecule has 0 aliphatic carbocycles. The molecule has 8 heteroatoms. The predicted octanol–water partition coefficient (Wildman–Crippen LogP) is 2.44. The Morgan fingerprint density at radius 1 is 1.37 bits per heavy atom. The van der Waals surface area contributed by atoms with Gasteiger partial charge in [0.25, 0.3) is 5.91 Å². The molecule has 2 rings (SSSR count). The van der Waals surface area contributed by atoms with E-state index in [2.05, 4.69) is 20.5 Å². The molecule has 6 nitrogen and oxygen atoms in total. The molecule has 2 aromatic rings. The number of pyridine rings is 1. The number of carbonyl (C=O) groups is 1. The average molecular weight is 299 g/mol. The second-order valence-corrected chi connectivity index (χ2v) is 4.13. The summed E-state index contributed by atoms with van der Waals surface area (Å²) < 4.78 is 5.02. The molecule has 0 aliphatic heterocycles. The summed E-state index contributed by atoms with van der Waals surface area (Å²) in [4.78, 5) is 16.0. The number of hydrogen-bond donors (Lipinski definition) is 1. The number of methoxy groups -OCH3 is 1. The molecule has 0 aromatic carbocycles. The van der Waals surface area contributed by atoms with E-state index >= 15 is 0 Å². The summed E-state index contributed by atoms with van der Waals surface area (Å²) in [5.74, 6) is -0.187. The highest BCUT2D eigenvalue weighted by molar-refractivity contribution is 6.34. The zero-order valence-electron chi connectivity index (χ0n) is 9.72. The molecule has 0 spiro atoms. The molecule has 0 fully saturated rings. The Kier molecular flexibility index (Phi) is 4.13.